The number of nitrogens with zero attached hydrogens (tertiary/aromatic N) is 1. The van der Waals surface area contributed by atoms with Gasteiger partial charge in [0.25, 0.3) is 0 Å². The summed E-state index contributed by atoms with van der Waals surface area (Å²) in [7, 11) is 0. The van der Waals surface area contributed by atoms with Crippen LogP contribution in [0, 0.1) is 0 Å². The van der Waals surface area contributed by atoms with Crippen LogP contribution in [0.5, 0.6) is 0 Å². The van der Waals surface area contributed by atoms with E-state index in [4.69, 9.17) is 10.5 Å². The van der Waals surface area contributed by atoms with Crippen LogP contribution < -0.4 is 11.1 Å². The molecule has 1 aromatic rings. The molecule has 2 atom stereocenters. The molecule has 0 bridgehead atoms. The Morgan fingerprint density at radius 1 is 1.62 bits per heavy atom. The number of nitrogens with one attached hydrogen (secondary N) is 1. The highest BCUT2D eigenvalue weighted by atomic mass is 79.9. The van der Waals surface area contributed by atoms with Gasteiger partial charge in [-0.3, -0.25) is 4.98 Å². The molecule has 0 aromatic carbocycles. The first-order valence-electron chi connectivity index (χ1n) is 5.32. The van der Waals surface area contributed by atoms with Gasteiger partial charge in [-0.15, -0.1) is 0 Å². The number of hydrogen-bond acceptors (Lipinski definition) is 4. The molecule has 0 amide bonds. The molecule has 1 fully saturated rings. The zero-order chi connectivity index (χ0) is 11.8. The summed E-state index contributed by atoms with van der Waals surface area (Å²) in [6.07, 6.45) is 4.54. The molecule has 5 heteroatoms. The number of nitrogen functional groups attached to an aromatic ring is 1. The first-order valence-corrected chi connectivity index (χ1v) is 6.11. The van der Waals surface area contributed by atoms with Gasteiger partial charge in [-0.05, 0) is 36.2 Å². The topological polar surface area (TPSA) is 60.2 Å². The van der Waals surface area contributed by atoms with Gasteiger partial charge in [-0.1, -0.05) is 0 Å². The summed E-state index contributed by atoms with van der Waals surface area (Å²) in [4.78, 5) is 4.02. The van der Waals surface area contributed by atoms with Crippen LogP contribution in [0.4, 0.5) is 11.4 Å². The maximum Gasteiger partial charge on any atom is 0.0774 e. The van der Waals surface area contributed by atoms with Crippen molar-refractivity contribution in [2.24, 2.45) is 0 Å². The van der Waals surface area contributed by atoms with Crippen molar-refractivity contribution in [1.29, 1.82) is 0 Å². The van der Waals surface area contributed by atoms with E-state index in [1.807, 2.05) is 0 Å². The maximum absolute atomic E-state index is 5.91. The lowest BCUT2D eigenvalue weighted by Gasteiger charge is -2.31. The summed E-state index contributed by atoms with van der Waals surface area (Å²) >= 11 is 3.45. The van der Waals surface area contributed by atoms with E-state index in [1.54, 1.807) is 12.4 Å². The molecule has 1 saturated heterocycles. The van der Waals surface area contributed by atoms with E-state index in [1.165, 1.54) is 0 Å². The number of anilines is 2. The Kier molecular flexibility index (Phi) is 3.08. The normalized spacial score (nSPS) is 29.3. The van der Waals surface area contributed by atoms with E-state index in [0.717, 1.165) is 23.2 Å². The Balaban J connectivity index is 2.27. The van der Waals surface area contributed by atoms with Gasteiger partial charge in [0.15, 0.2) is 0 Å². The van der Waals surface area contributed by atoms with E-state index in [2.05, 4.69) is 40.1 Å². The van der Waals surface area contributed by atoms with Gasteiger partial charge in [0.05, 0.1) is 33.7 Å². The molecule has 4 nitrogen and oxygen atoms in total. The summed E-state index contributed by atoms with van der Waals surface area (Å²) in [5.41, 5.74) is 7.38. The zero-order valence-corrected chi connectivity index (χ0v) is 11.0. The van der Waals surface area contributed by atoms with Gasteiger partial charge >= 0.3 is 0 Å². The van der Waals surface area contributed by atoms with E-state index >= 15 is 0 Å². The Morgan fingerprint density at radius 3 is 2.94 bits per heavy atom. The average molecular weight is 286 g/mol. The van der Waals surface area contributed by atoms with Gasteiger partial charge in [0.2, 0.25) is 0 Å². The lowest BCUT2D eigenvalue weighted by molar-refractivity contribution is 0.105. The van der Waals surface area contributed by atoms with Crippen LogP contribution in [-0.4, -0.2) is 23.2 Å². The quantitative estimate of drug-likeness (QED) is 0.876. The summed E-state index contributed by atoms with van der Waals surface area (Å²) < 4.78 is 6.47. The maximum atomic E-state index is 5.91. The summed E-state index contributed by atoms with van der Waals surface area (Å²) in [5, 5.41) is 3.47. The Bertz CT molecular complexity index is 379. The van der Waals surface area contributed by atoms with Crippen LogP contribution >= 0.6 is 15.9 Å². The predicted molar refractivity (Wildman–Crippen MR) is 68.4 cm³/mol. The fourth-order valence-electron chi connectivity index (χ4n) is 1.87. The highest BCUT2D eigenvalue weighted by Gasteiger charge is 2.37. The third kappa shape index (κ3) is 2.01. The third-order valence-electron chi connectivity index (χ3n) is 3.23. The van der Waals surface area contributed by atoms with Crippen LogP contribution in [0.3, 0.4) is 0 Å². The molecule has 0 spiro atoms. The van der Waals surface area contributed by atoms with Crippen molar-refractivity contribution in [3.05, 3.63) is 16.9 Å². The largest absolute Gasteiger partial charge is 0.396 e. The minimum absolute atomic E-state index is 0.0714. The van der Waals surface area contributed by atoms with Crippen LogP contribution in [0.1, 0.15) is 20.3 Å². The van der Waals surface area contributed by atoms with Crippen LogP contribution in [0.25, 0.3) is 0 Å². The molecular formula is C11H16BrN3O. The second-order valence-corrected chi connectivity index (χ2v) is 5.25. The number of ether oxygens (including phenoxy) is 1. The first-order chi connectivity index (χ1) is 7.53. The number of halogens is 1. The van der Waals surface area contributed by atoms with Crippen LogP contribution in [0.15, 0.2) is 16.9 Å². The van der Waals surface area contributed by atoms with E-state index in [-0.39, 0.29) is 11.6 Å². The van der Waals surface area contributed by atoms with Crippen LogP contribution in [0.2, 0.25) is 0 Å². The highest BCUT2D eigenvalue weighted by molar-refractivity contribution is 9.10. The van der Waals surface area contributed by atoms with Crippen molar-refractivity contribution >= 4 is 27.3 Å². The standard InChI is InChI=1S/C11H16BrN3O/c1-7-11(2,3-4-16-7)15-10-8(12)5-14-6-9(10)13/h5-7H,3-4,13H2,1-2H3,(H,14,15). The smallest absolute Gasteiger partial charge is 0.0774 e. The molecule has 2 heterocycles. The van der Waals surface area contributed by atoms with Crippen molar-refractivity contribution < 1.29 is 4.74 Å². The average Bonchev–Trinajstić information content (AvgIpc) is 2.54. The van der Waals surface area contributed by atoms with Gasteiger partial charge in [0, 0.05) is 12.8 Å². The number of pyridine rings is 1. The van der Waals surface area contributed by atoms with Gasteiger partial charge < -0.3 is 15.8 Å². The van der Waals surface area contributed by atoms with Crippen molar-refractivity contribution in [2.75, 3.05) is 17.7 Å². The number of hydrogen-bond donors (Lipinski definition) is 2. The van der Waals surface area contributed by atoms with E-state index in [9.17, 15) is 0 Å². The predicted octanol–water partition coefficient (Wildman–Crippen LogP) is 2.41. The number of aromatic nitrogens is 1. The molecule has 0 saturated carbocycles. The second-order valence-electron chi connectivity index (χ2n) is 4.39. The summed E-state index contributed by atoms with van der Waals surface area (Å²) in [6, 6.07) is 0. The van der Waals surface area contributed by atoms with Crippen molar-refractivity contribution in [3.8, 4) is 0 Å². The summed E-state index contributed by atoms with van der Waals surface area (Å²) in [5.74, 6) is 0. The molecule has 16 heavy (non-hydrogen) atoms. The highest BCUT2D eigenvalue weighted by Crippen LogP contribution is 2.35. The van der Waals surface area contributed by atoms with Crippen molar-refractivity contribution in [1.82, 2.24) is 4.98 Å². The lowest BCUT2D eigenvalue weighted by atomic mass is 9.94. The third-order valence-corrected chi connectivity index (χ3v) is 3.83. The molecule has 2 unspecified atom stereocenters. The molecule has 3 N–H and O–H groups in total. The molecule has 0 aliphatic carbocycles. The molecule has 1 aromatic heterocycles. The fourth-order valence-corrected chi connectivity index (χ4v) is 2.31. The zero-order valence-electron chi connectivity index (χ0n) is 9.46. The Hall–Kier alpha value is -0.810. The van der Waals surface area contributed by atoms with E-state index in [0.29, 0.717) is 5.69 Å². The molecule has 0 radical (unpaired) electrons. The fraction of sp³-hybridized carbons (Fsp3) is 0.545. The van der Waals surface area contributed by atoms with Gasteiger partial charge in [0.1, 0.15) is 0 Å². The van der Waals surface area contributed by atoms with Crippen molar-refractivity contribution in [2.45, 2.75) is 31.9 Å². The summed E-state index contributed by atoms with van der Waals surface area (Å²) in [6.45, 7) is 5.01. The number of rotatable bonds is 2. The minimum atomic E-state index is -0.0714. The van der Waals surface area contributed by atoms with Crippen LogP contribution in [-0.2, 0) is 4.74 Å². The molecule has 1 aliphatic rings. The lowest BCUT2D eigenvalue weighted by Crippen LogP contribution is -2.41. The molecule has 2 rings (SSSR count). The first kappa shape index (κ1) is 11.7. The Morgan fingerprint density at radius 2 is 2.38 bits per heavy atom. The van der Waals surface area contributed by atoms with E-state index < -0.39 is 0 Å². The van der Waals surface area contributed by atoms with Crippen molar-refractivity contribution in [3.63, 3.8) is 0 Å². The number of nitrogens with two attached hydrogens (primary N) is 1. The molecule has 1 aliphatic heterocycles. The van der Waals surface area contributed by atoms with Gasteiger partial charge in [-0.25, -0.2) is 0 Å². The minimum Gasteiger partial charge on any atom is -0.396 e. The molecule has 88 valence electrons. The Labute approximate surface area is 104 Å². The van der Waals surface area contributed by atoms with Gasteiger partial charge in [-0.2, -0.15) is 0 Å². The second kappa shape index (κ2) is 4.22. The molecular weight excluding hydrogens is 270 g/mol. The monoisotopic (exact) mass is 285 g/mol. The SMILES string of the molecule is CC1OCCC1(C)Nc1c(N)cncc1Br.